The molecule has 0 amide bonds. The van der Waals surface area contributed by atoms with Crippen molar-refractivity contribution in [3.63, 3.8) is 0 Å². The normalized spacial score (nSPS) is 12.3. The average Bonchev–Trinajstić information content (AvgIpc) is 2.54. The fourth-order valence-corrected chi connectivity index (χ4v) is 3.50. The Kier molecular flexibility index (Phi) is 2.81. The van der Waals surface area contributed by atoms with Crippen LogP contribution >= 0.6 is 11.3 Å². The number of benzene rings is 1. The van der Waals surface area contributed by atoms with Crippen LogP contribution in [-0.2, 0) is 12.0 Å². The smallest absolute Gasteiger partial charge is 0.0349 e. The van der Waals surface area contributed by atoms with Gasteiger partial charge in [-0.15, -0.1) is 11.3 Å². The molecule has 2 aromatic rings. The molecule has 2 heteroatoms. The van der Waals surface area contributed by atoms with E-state index in [-0.39, 0.29) is 5.41 Å². The van der Waals surface area contributed by atoms with Gasteiger partial charge in [0.05, 0.1) is 0 Å². The summed E-state index contributed by atoms with van der Waals surface area (Å²) in [4.78, 5) is 1.33. The number of thiophene rings is 1. The van der Waals surface area contributed by atoms with E-state index < -0.39 is 0 Å². The molecule has 0 spiro atoms. The molecule has 0 radical (unpaired) electrons. The van der Waals surface area contributed by atoms with Crippen LogP contribution in [0.2, 0.25) is 0 Å². The van der Waals surface area contributed by atoms with Crippen molar-refractivity contribution in [1.82, 2.24) is 0 Å². The first-order chi connectivity index (χ1) is 7.43. The van der Waals surface area contributed by atoms with Crippen LogP contribution in [-0.4, -0.2) is 0 Å². The van der Waals surface area contributed by atoms with Gasteiger partial charge in [-0.25, -0.2) is 0 Å². The predicted octanol–water partition coefficient (Wildman–Crippen LogP) is 3.97. The van der Waals surface area contributed by atoms with Crippen LogP contribution in [0.3, 0.4) is 0 Å². The maximum Gasteiger partial charge on any atom is 0.0349 e. The molecule has 0 atom stereocenters. The Bertz CT molecular complexity index is 517. The molecule has 0 aliphatic heterocycles. The Morgan fingerprint density at radius 2 is 1.94 bits per heavy atom. The van der Waals surface area contributed by atoms with Crippen molar-refractivity contribution in [1.29, 1.82) is 0 Å². The van der Waals surface area contributed by atoms with Crippen LogP contribution in [0.4, 0.5) is 0 Å². The first-order valence-corrected chi connectivity index (χ1v) is 6.47. The predicted molar refractivity (Wildman–Crippen MR) is 73.2 cm³/mol. The fraction of sp³-hybridized carbons (Fsp3) is 0.429. The van der Waals surface area contributed by atoms with Gasteiger partial charge < -0.3 is 5.73 Å². The summed E-state index contributed by atoms with van der Waals surface area (Å²) in [7, 11) is 0. The standard InChI is InChI=1S/C14H19NS/c1-9-5-6-11-10(7-9)13(14(2,3)4)12(8-15)16-11/h5-7H,8,15H2,1-4H3. The summed E-state index contributed by atoms with van der Waals surface area (Å²) in [5.74, 6) is 0. The monoisotopic (exact) mass is 233 g/mol. The minimum Gasteiger partial charge on any atom is -0.326 e. The molecule has 1 aromatic heterocycles. The van der Waals surface area contributed by atoms with Gasteiger partial charge >= 0.3 is 0 Å². The molecule has 0 saturated carbocycles. The number of hydrogen-bond donors (Lipinski definition) is 1. The van der Waals surface area contributed by atoms with Gasteiger partial charge in [0.1, 0.15) is 0 Å². The summed E-state index contributed by atoms with van der Waals surface area (Å²) in [5, 5.41) is 1.39. The van der Waals surface area contributed by atoms with Crippen LogP contribution in [0.1, 0.15) is 36.8 Å². The zero-order valence-corrected chi connectivity index (χ0v) is 11.2. The van der Waals surface area contributed by atoms with E-state index in [0.29, 0.717) is 6.54 Å². The van der Waals surface area contributed by atoms with Gasteiger partial charge in [-0.3, -0.25) is 0 Å². The summed E-state index contributed by atoms with van der Waals surface area (Å²) < 4.78 is 1.36. The number of fused-ring (bicyclic) bond motifs is 1. The van der Waals surface area contributed by atoms with Crippen molar-refractivity contribution in [2.45, 2.75) is 39.7 Å². The highest BCUT2D eigenvalue weighted by Crippen LogP contribution is 2.39. The second kappa shape index (κ2) is 3.86. The van der Waals surface area contributed by atoms with Gasteiger partial charge in [-0.1, -0.05) is 38.5 Å². The molecular formula is C14H19NS. The molecule has 1 aromatic carbocycles. The Balaban J connectivity index is 2.81. The Labute approximate surface area is 101 Å². The molecule has 2 rings (SSSR count). The van der Waals surface area contributed by atoms with E-state index in [9.17, 15) is 0 Å². The third kappa shape index (κ3) is 1.87. The molecule has 2 N–H and O–H groups in total. The third-order valence-electron chi connectivity index (χ3n) is 2.85. The first-order valence-electron chi connectivity index (χ1n) is 5.66. The lowest BCUT2D eigenvalue weighted by Crippen LogP contribution is -2.14. The van der Waals surface area contributed by atoms with Crippen molar-refractivity contribution in [3.8, 4) is 0 Å². The number of nitrogens with two attached hydrogens (primary N) is 1. The van der Waals surface area contributed by atoms with E-state index in [2.05, 4.69) is 45.9 Å². The lowest BCUT2D eigenvalue weighted by molar-refractivity contribution is 0.591. The summed E-state index contributed by atoms with van der Waals surface area (Å²) in [6.45, 7) is 9.57. The van der Waals surface area contributed by atoms with Gasteiger partial charge in [-0.2, -0.15) is 0 Å². The zero-order chi connectivity index (χ0) is 11.9. The van der Waals surface area contributed by atoms with E-state index in [1.807, 2.05) is 11.3 Å². The van der Waals surface area contributed by atoms with Crippen LogP contribution in [0, 0.1) is 6.92 Å². The summed E-state index contributed by atoms with van der Waals surface area (Å²) in [5.41, 5.74) is 8.78. The topological polar surface area (TPSA) is 26.0 Å². The molecular weight excluding hydrogens is 214 g/mol. The van der Waals surface area contributed by atoms with Crippen molar-refractivity contribution in [3.05, 3.63) is 34.2 Å². The molecule has 0 bridgehead atoms. The molecule has 86 valence electrons. The summed E-state index contributed by atoms with van der Waals surface area (Å²) >= 11 is 1.83. The SMILES string of the molecule is Cc1ccc2sc(CN)c(C(C)(C)C)c2c1. The maximum absolute atomic E-state index is 5.86. The van der Waals surface area contributed by atoms with Crippen LogP contribution < -0.4 is 5.73 Å². The lowest BCUT2D eigenvalue weighted by Gasteiger charge is -2.20. The van der Waals surface area contributed by atoms with E-state index in [1.165, 1.54) is 26.1 Å². The van der Waals surface area contributed by atoms with Crippen LogP contribution in [0.5, 0.6) is 0 Å². The largest absolute Gasteiger partial charge is 0.326 e. The average molecular weight is 233 g/mol. The van der Waals surface area contributed by atoms with Crippen LogP contribution in [0.15, 0.2) is 18.2 Å². The first kappa shape index (κ1) is 11.6. The minimum absolute atomic E-state index is 0.167. The Morgan fingerprint density at radius 1 is 1.25 bits per heavy atom. The summed E-state index contributed by atoms with van der Waals surface area (Å²) in [6, 6.07) is 6.67. The maximum atomic E-state index is 5.86. The highest BCUT2D eigenvalue weighted by atomic mass is 32.1. The molecule has 1 nitrogen and oxygen atoms in total. The summed E-state index contributed by atoms with van der Waals surface area (Å²) in [6.07, 6.45) is 0. The second-order valence-corrected chi connectivity index (χ2v) is 6.49. The third-order valence-corrected chi connectivity index (χ3v) is 4.04. The van der Waals surface area contributed by atoms with E-state index in [1.54, 1.807) is 0 Å². The van der Waals surface area contributed by atoms with Crippen molar-refractivity contribution >= 4 is 21.4 Å². The van der Waals surface area contributed by atoms with Gasteiger partial charge in [-0.05, 0) is 29.4 Å². The molecule has 0 saturated heterocycles. The van der Waals surface area contributed by atoms with Crippen molar-refractivity contribution < 1.29 is 0 Å². The minimum atomic E-state index is 0.167. The molecule has 0 fully saturated rings. The second-order valence-electron chi connectivity index (χ2n) is 5.35. The van der Waals surface area contributed by atoms with Gasteiger partial charge in [0.25, 0.3) is 0 Å². The quantitative estimate of drug-likeness (QED) is 0.792. The van der Waals surface area contributed by atoms with Crippen LogP contribution in [0.25, 0.3) is 10.1 Å². The van der Waals surface area contributed by atoms with Gasteiger partial charge in [0.2, 0.25) is 0 Å². The number of hydrogen-bond acceptors (Lipinski definition) is 2. The van der Waals surface area contributed by atoms with E-state index in [4.69, 9.17) is 5.73 Å². The molecule has 0 unspecified atom stereocenters. The fourth-order valence-electron chi connectivity index (χ4n) is 2.23. The van der Waals surface area contributed by atoms with Gasteiger partial charge in [0, 0.05) is 16.1 Å². The Morgan fingerprint density at radius 3 is 2.50 bits per heavy atom. The molecule has 16 heavy (non-hydrogen) atoms. The molecule has 0 aliphatic carbocycles. The Hall–Kier alpha value is -0.860. The number of aryl methyl sites for hydroxylation is 1. The van der Waals surface area contributed by atoms with Crippen molar-refractivity contribution in [2.75, 3.05) is 0 Å². The zero-order valence-electron chi connectivity index (χ0n) is 10.4. The van der Waals surface area contributed by atoms with Gasteiger partial charge in [0.15, 0.2) is 0 Å². The van der Waals surface area contributed by atoms with Crippen molar-refractivity contribution in [2.24, 2.45) is 5.73 Å². The highest BCUT2D eigenvalue weighted by molar-refractivity contribution is 7.19. The van der Waals surface area contributed by atoms with E-state index in [0.717, 1.165) is 0 Å². The molecule has 0 aliphatic rings. The number of rotatable bonds is 1. The molecule has 1 heterocycles. The highest BCUT2D eigenvalue weighted by Gasteiger charge is 2.22. The van der Waals surface area contributed by atoms with E-state index >= 15 is 0 Å². The lowest BCUT2D eigenvalue weighted by atomic mass is 9.84.